The van der Waals surface area contributed by atoms with Gasteiger partial charge in [0.05, 0.1) is 0 Å². The predicted octanol–water partition coefficient (Wildman–Crippen LogP) is 2.80. The van der Waals surface area contributed by atoms with Gasteiger partial charge in [0.15, 0.2) is 0 Å². The fourth-order valence-electron chi connectivity index (χ4n) is 2.17. The Labute approximate surface area is 110 Å². The molecule has 18 heavy (non-hydrogen) atoms. The molecule has 0 aromatic carbocycles. The molecule has 0 saturated heterocycles. The molecule has 0 aromatic rings. The minimum absolute atomic E-state index is 0.357. The molecule has 1 amide bonds. The number of rotatable bonds is 3. The number of carbonyl (C=O) groups is 1. The highest BCUT2D eigenvalue weighted by molar-refractivity contribution is 5.70. The first-order valence-electron chi connectivity index (χ1n) is 6.75. The van der Waals surface area contributed by atoms with E-state index in [0.717, 1.165) is 25.1 Å². The maximum Gasteiger partial charge on any atom is 0.411 e. The number of alkyl carbamates (subject to hydrolysis) is 1. The summed E-state index contributed by atoms with van der Waals surface area (Å²) in [5, 5.41) is 6.30. The van der Waals surface area contributed by atoms with Crippen LogP contribution in [0.15, 0.2) is 11.8 Å². The molecule has 0 aliphatic heterocycles. The lowest BCUT2D eigenvalue weighted by Crippen LogP contribution is -2.38. The van der Waals surface area contributed by atoms with E-state index in [2.05, 4.69) is 30.6 Å². The number of amides is 1. The molecule has 0 spiro atoms. The summed E-state index contributed by atoms with van der Waals surface area (Å²) in [7, 11) is 0. The summed E-state index contributed by atoms with van der Waals surface area (Å²) >= 11 is 0. The second kappa shape index (κ2) is 6.23. The topological polar surface area (TPSA) is 50.4 Å². The smallest absolute Gasteiger partial charge is 0.411 e. The lowest BCUT2D eigenvalue weighted by atomic mass is 9.90. The Balaban J connectivity index is 2.50. The van der Waals surface area contributed by atoms with Crippen molar-refractivity contribution in [3.05, 3.63) is 11.8 Å². The van der Waals surface area contributed by atoms with E-state index >= 15 is 0 Å². The molecule has 0 aromatic heterocycles. The Kier molecular flexibility index (Phi) is 5.20. The molecule has 2 unspecified atom stereocenters. The zero-order valence-electron chi connectivity index (χ0n) is 12.2. The quantitative estimate of drug-likeness (QED) is 0.814. The lowest BCUT2D eigenvalue weighted by Gasteiger charge is -2.29. The maximum absolute atomic E-state index is 11.7. The molecule has 0 radical (unpaired) electrons. The Morgan fingerprint density at radius 2 is 2.17 bits per heavy atom. The van der Waals surface area contributed by atoms with Crippen LogP contribution in [-0.2, 0) is 4.74 Å². The van der Waals surface area contributed by atoms with Crippen LogP contribution in [0, 0.1) is 5.92 Å². The summed E-state index contributed by atoms with van der Waals surface area (Å²) in [6.07, 6.45) is 3.76. The van der Waals surface area contributed by atoms with Gasteiger partial charge in [-0.25, -0.2) is 4.79 Å². The van der Waals surface area contributed by atoms with E-state index < -0.39 is 5.60 Å². The fraction of sp³-hybridized carbons (Fsp3) is 0.786. The molecule has 1 aliphatic rings. The van der Waals surface area contributed by atoms with Crippen molar-refractivity contribution in [1.29, 1.82) is 0 Å². The van der Waals surface area contributed by atoms with Crippen LogP contribution >= 0.6 is 0 Å². The van der Waals surface area contributed by atoms with Gasteiger partial charge >= 0.3 is 6.09 Å². The average molecular weight is 254 g/mol. The van der Waals surface area contributed by atoms with E-state index in [-0.39, 0.29) is 6.09 Å². The molecular formula is C14H26N2O2. The van der Waals surface area contributed by atoms with Crippen molar-refractivity contribution in [3.63, 3.8) is 0 Å². The molecule has 2 atom stereocenters. The van der Waals surface area contributed by atoms with Crippen LogP contribution in [0.5, 0.6) is 0 Å². The van der Waals surface area contributed by atoms with Gasteiger partial charge in [-0.1, -0.05) is 19.9 Å². The SMILES string of the molecule is CCNC1CC=C(NC(=O)OC(C)(C)C)C(C)C1. The zero-order chi connectivity index (χ0) is 13.8. The second-order valence-corrected chi connectivity index (χ2v) is 5.91. The van der Waals surface area contributed by atoms with E-state index in [0.29, 0.717) is 12.0 Å². The number of hydrogen-bond donors (Lipinski definition) is 2. The zero-order valence-corrected chi connectivity index (χ0v) is 12.2. The van der Waals surface area contributed by atoms with Crippen LogP contribution in [0.1, 0.15) is 47.5 Å². The third kappa shape index (κ3) is 5.08. The normalized spacial score (nSPS) is 24.4. The van der Waals surface area contributed by atoms with Crippen molar-refractivity contribution in [2.45, 2.75) is 59.1 Å². The largest absolute Gasteiger partial charge is 0.444 e. The van der Waals surface area contributed by atoms with Crippen LogP contribution in [0.2, 0.25) is 0 Å². The molecule has 4 nitrogen and oxygen atoms in total. The second-order valence-electron chi connectivity index (χ2n) is 5.91. The van der Waals surface area contributed by atoms with Crippen LogP contribution in [-0.4, -0.2) is 24.3 Å². The van der Waals surface area contributed by atoms with E-state index in [4.69, 9.17) is 4.74 Å². The fourth-order valence-corrected chi connectivity index (χ4v) is 2.17. The summed E-state index contributed by atoms with van der Waals surface area (Å²) in [6.45, 7) is 10.8. The predicted molar refractivity (Wildman–Crippen MR) is 73.3 cm³/mol. The van der Waals surface area contributed by atoms with E-state index in [1.807, 2.05) is 20.8 Å². The summed E-state index contributed by atoms with van der Waals surface area (Å²) in [6, 6.07) is 0.522. The Hall–Kier alpha value is -1.03. The maximum atomic E-state index is 11.7. The van der Waals surface area contributed by atoms with E-state index in [1.54, 1.807) is 0 Å². The van der Waals surface area contributed by atoms with E-state index in [9.17, 15) is 4.79 Å². The number of ether oxygens (including phenoxy) is 1. The van der Waals surface area contributed by atoms with Crippen molar-refractivity contribution in [1.82, 2.24) is 10.6 Å². The number of nitrogens with one attached hydrogen (secondary N) is 2. The molecule has 1 aliphatic carbocycles. The Morgan fingerprint density at radius 3 is 2.67 bits per heavy atom. The first kappa shape index (κ1) is 15.0. The first-order chi connectivity index (χ1) is 8.31. The van der Waals surface area contributed by atoms with Crippen molar-refractivity contribution in [2.75, 3.05) is 6.54 Å². The third-order valence-corrected chi connectivity index (χ3v) is 2.93. The van der Waals surface area contributed by atoms with Crippen LogP contribution < -0.4 is 10.6 Å². The number of carbonyl (C=O) groups excluding carboxylic acids is 1. The van der Waals surface area contributed by atoms with Gasteiger partial charge in [0, 0.05) is 11.7 Å². The Morgan fingerprint density at radius 1 is 1.50 bits per heavy atom. The standard InChI is InChI=1S/C14H26N2O2/c1-6-15-11-7-8-12(10(2)9-11)16-13(17)18-14(3,4)5/h8,10-11,15H,6-7,9H2,1-5H3,(H,16,17). The molecule has 0 bridgehead atoms. The monoisotopic (exact) mass is 254 g/mol. The highest BCUT2D eigenvalue weighted by atomic mass is 16.6. The van der Waals surface area contributed by atoms with Crippen molar-refractivity contribution in [3.8, 4) is 0 Å². The van der Waals surface area contributed by atoms with Crippen LogP contribution in [0.4, 0.5) is 4.79 Å². The molecular weight excluding hydrogens is 228 g/mol. The van der Waals surface area contributed by atoms with Crippen LogP contribution in [0.3, 0.4) is 0 Å². The van der Waals surface area contributed by atoms with E-state index in [1.165, 1.54) is 0 Å². The molecule has 4 heteroatoms. The number of allylic oxidation sites excluding steroid dienone is 1. The molecule has 1 rings (SSSR count). The average Bonchev–Trinajstić information content (AvgIpc) is 2.20. The van der Waals surface area contributed by atoms with Gasteiger partial charge in [0.25, 0.3) is 0 Å². The highest BCUT2D eigenvalue weighted by Crippen LogP contribution is 2.23. The van der Waals surface area contributed by atoms with Gasteiger partial charge in [0.1, 0.15) is 5.60 Å². The molecule has 2 N–H and O–H groups in total. The van der Waals surface area contributed by atoms with Crippen molar-refractivity contribution < 1.29 is 9.53 Å². The van der Waals surface area contributed by atoms with Crippen LogP contribution in [0.25, 0.3) is 0 Å². The highest BCUT2D eigenvalue weighted by Gasteiger charge is 2.23. The minimum Gasteiger partial charge on any atom is -0.444 e. The molecule has 0 fully saturated rings. The minimum atomic E-state index is -0.450. The Bertz CT molecular complexity index is 318. The van der Waals surface area contributed by atoms with Crippen molar-refractivity contribution >= 4 is 6.09 Å². The molecule has 104 valence electrons. The first-order valence-corrected chi connectivity index (χ1v) is 6.75. The van der Waals surface area contributed by atoms with Gasteiger partial charge in [-0.2, -0.15) is 0 Å². The van der Waals surface area contributed by atoms with Gasteiger partial charge in [-0.3, -0.25) is 5.32 Å². The summed E-state index contributed by atoms with van der Waals surface area (Å²) < 4.78 is 5.26. The van der Waals surface area contributed by atoms with Gasteiger partial charge < -0.3 is 10.1 Å². The summed E-state index contributed by atoms with van der Waals surface area (Å²) in [5.74, 6) is 0.357. The third-order valence-electron chi connectivity index (χ3n) is 2.93. The van der Waals surface area contributed by atoms with Gasteiger partial charge in [-0.15, -0.1) is 0 Å². The molecule has 0 heterocycles. The van der Waals surface area contributed by atoms with Gasteiger partial charge in [0.2, 0.25) is 0 Å². The molecule has 0 saturated carbocycles. The summed E-state index contributed by atoms with van der Waals surface area (Å²) in [5.41, 5.74) is 0.535. The number of hydrogen-bond acceptors (Lipinski definition) is 3. The summed E-state index contributed by atoms with van der Waals surface area (Å²) in [4.78, 5) is 11.7. The lowest BCUT2D eigenvalue weighted by molar-refractivity contribution is 0.0538. The van der Waals surface area contributed by atoms with Gasteiger partial charge in [-0.05, 0) is 46.1 Å². The van der Waals surface area contributed by atoms with Crippen molar-refractivity contribution in [2.24, 2.45) is 5.92 Å².